The van der Waals surface area contributed by atoms with Crippen LogP contribution in [0.3, 0.4) is 0 Å². The lowest BCUT2D eigenvalue weighted by atomic mass is 10.0. The summed E-state index contributed by atoms with van der Waals surface area (Å²) in [4.78, 5) is 28.8. The van der Waals surface area contributed by atoms with Crippen molar-refractivity contribution < 1.29 is 14.3 Å². The fourth-order valence-electron chi connectivity index (χ4n) is 4.93. The Morgan fingerprint density at radius 2 is 1.69 bits per heavy atom. The Bertz CT molecular complexity index is 1240. The molecule has 0 bridgehead atoms. The van der Waals surface area contributed by atoms with Crippen LogP contribution in [-0.4, -0.2) is 48.7 Å². The molecule has 0 unspecified atom stereocenters. The predicted molar refractivity (Wildman–Crippen MR) is 141 cm³/mol. The number of carbonyl (C=O) groups excluding carboxylic acids is 1. The molecule has 36 heavy (non-hydrogen) atoms. The van der Waals surface area contributed by atoms with Crippen LogP contribution in [0.5, 0.6) is 11.5 Å². The molecular formula is C29H35N3O4. The van der Waals surface area contributed by atoms with Crippen LogP contribution in [0.4, 0.5) is 0 Å². The van der Waals surface area contributed by atoms with Gasteiger partial charge in [0.05, 0.1) is 14.2 Å². The van der Waals surface area contributed by atoms with E-state index in [1.54, 1.807) is 11.7 Å². The summed E-state index contributed by atoms with van der Waals surface area (Å²) in [6, 6.07) is 19.9. The lowest BCUT2D eigenvalue weighted by molar-refractivity contribution is 0.0945. The molecule has 7 nitrogen and oxygen atoms in total. The number of fused-ring (bicyclic) bond motifs is 1. The number of pyridine rings is 1. The fraction of sp³-hybridized carbons (Fsp3) is 0.379. The number of hydrogen-bond acceptors (Lipinski definition) is 5. The van der Waals surface area contributed by atoms with Crippen molar-refractivity contribution in [2.24, 2.45) is 0 Å². The fourth-order valence-corrected chi connectivity index (χ4v) is 4.93. The van der Waals surface area contributed by atoms with Gasteiger partial charge >= 0.3 is 0 Å². The summed E-state index contributed by atoms with van der Waals surface area (Å²) in [5.74, 6) is 0.773. The minimum absolute atomic E-state index is 0.137. The van der Waals surface area contributed by atoms with Crippen LogP contribution in [0.1, 0.15) is 40.5 Å². The normalized spacial score (nSPS) is 14.4. The number of ether oxygens (including phenoxy) is 2. The third-order valence-electron chi connectivity index (χ3n) is 7.02. The molecule has 1 amide bonds. The van der Waals surface area contributed by atoms with E-state index in [0.717, 1.165) is 37.2 Å². The molecule has 190 valence electrons. The Morgan fingerprint density at radius 3 is 2.44 bits per heavy atom. The maximum Gasteiger partial charge on any atom is 0.257 e. The summed E-state index contributed by atoms with van der Waals surface area (Å²) in [7, 11) is 3.11. The van der Waals surface area contributed by atoms with Crippen molar-refractivity contribution in [1.82, 2.24) is 14.8 Å². The summed E-state index contributed by atoms with van der Waals surface area (Å²) in [5.41, 5.74) is 3.24. The summed E-state index contributed by atoms with van der Waals surface area (Å²) >= 11 is 0. The average Bonchev–Trinajstić information content (AvgIpc) is 3.14. The summed E-state index contributed by atoms with van der Waals surface area (Å²) in [5, 5.41) is 3.00. The van der Waals surface area contributed by atoms with Gasteiger partial charge in [0.25, 0.3) is 11.5 Å². The maximum atomic E-state index is 13.4. The van der Waals surface area contributed by atoms with Crippen LogP contribution in [0.15, 0.2) is 65.5 Å². The van der Waals surface area contributed by atoms with E-state index in [1.807, 2.05) is 30.3 Å². The molecule has 2 aromatic carbocycles. The van der Waals surface area contributed by atoms with Gasteiger partial charge in [-0.05, 0) is 31.4 Å². The number of carbonyl (C=O) groups is 1. The first kappa shape index (κ1) is 25.5. The summed E-state index contributed by atoms with van der Waals surface area (Å²) in [6.45, 7) is 4.63. The third kappa shape index (κ3) is 5.79. The Hall–Kier alpha value is -3.58. The molecule has 0 spiro atoms. The van der Waals surface area contributed by atoms with Gasteiger partial charge < -0.3 is 19.4 Å². The van der Waals surface area contributed by atoms with Gasteiger partial charge in [0.1, 0.15) is 17.1 Å². The Labute approximate surface area is 212 Å². The number of amides is 1. The number of nitrogens with zero attached hydrogens (tertiary/aromatic N) is 2. The molecule has 0 fully saturated rings. The summed E-state index contributed by atoms with van der Waals surface area (Å²) < 4.78 is 12.6. The van der Waals surface area contributed by atoms with Gasteiger partial charge in [0.15, 0.2) is 0 Å². The molecule has 1 N–H and O–H groups in total. The van der Waals surface area contributed by atoms with Crippen molar-refractivity contribution in [3.63, 3.8) is 0 Å². The maximum absolute atomic E-state index is 13.4. The monoisotopic (exact) mass is 489 g/mol. The number of benzene rings is 2. The minimum atomic E-state index is -0.257. The lowest BCUT2D eigenvalue weighted by Crippen LogP contribution is -2.36. The van der Waals surface area contributed by atoms with E-state index < -0.39 is 0 Å². The molecule has 1 aliphatic rings. The SMILES string of the molecule is COc1ccccc1CNC(=O)c1c(OC)cc(=O)n2c1CCN([C@H](C)CCc1ccccc1)CC2. The Morgan fingerprint density at radius 1 is 0.972 bits per heavy atom. The van der Waals surface area contributed by atoms with Gasteiger partial charge in [-0.25, -0.2) is 0 Å². The number of nitrogens with one attached hydrogen (secondary N) is 1. The minimum Gasteiger partial charge on any atom is -0.496 e. The number of methoxy groups -OCH3 is 2. The van der Waals surface area contributed by atoms with Crippen LogP contribution < -0.4 is 20.3 Å². The number of aryl methyl sites for hydroxylation is 1. The van der Waals surface area contributed by atoms with E-state index in [4.69, 9.17) is 9.47 Å². The molecule has 1 atom stereocenters. The van der Waals surface area contributed by atoms with Crippen LogP contribution in [0.2, 0.25) is 0 Å². The van der Waals surface area contributed by atoms with Crippen molar-refractivity contribution in [3.05, 3.63) is 93.4 Å². The van der Waals surface area contributed by atoms with Crippen molar-refractivity contribution in [3.8, 4) is 11.5 Å². The summed E-state index contributed by atoms with van der Waals surface area (Å²) in [6.07, 6.45) is 2.64. The second-order valence-corrected chi connectivity index (χ2v) is 9.18. The van der Waals surface area contributed by atoms with E-state index in [1.165, 1.54) is 18.7 Å². The standard InChI is InChI=1S/C29H35N3O4/c1-21(13-14-22-9-5-4-6-10-22)31-16-15-24-28(26(36-3)19-27(33)32(24)18-17-31)29(34)30-20-23-11-7-8-12-25(23)35-2/h4-12,19,21H,13-18,20H2,1-3H3,(H,30,34)/t21-/m1/s1. The molecule has 3 aromatic rings. The van der Waals surface area contributed by atoms with Crippen molar-refractivity contribution in [2.45, 2.75) is 45.3 Å². The molecule has 7 heteroatoms. The zero-order chi connectivity index (χ0) is 25.5. The van der Waals surface area contributed by atoms with E-state index in [9.17, 15) is 9.59 Å². The molecule has 1 aliphatic heterocycles. The number of aromatic nitrogens is 1. The Kier molecular flexibility index (Phi) is 8.44. The van der Waals surface area contributed by atoms with E-state index in [2.05, 4.69) is 41.4 Å². The van der Waals surface area contributed by atoms with Gasteiger partial charge in [-0.2, -0.15) is 0 Å². The number of para-hydroxylation sites is 1. The molecule has 0 aliphatic carbocycles. The van der Waals surface area contributed by atoms with E-state index in [0.29, 0.717) is 42.6 Å². The first-order valence-electron chi connectivity index (χ1n) is 12.5. The third-order valence-corrected chi connectivity index (χ3v) is 7.02. The second-order valence-electron chi connectivity index (χ2n) is 9.18. The van der Waals surface area contributed by atoms with Gasteiger partial charge in [-0.3, -0.25) is 14.5 Å². The van der Waals surface area contributed by atoms with E-state index in [-0.39, 0.29) is 11.5 Å². The highest BCUT2D eigenvalue weighted by Crippen LogP contribution is 2.24. The van der Waals surface area contributed by atoms with Crippen LogP contribution in [-0.2, 0) is 25.9 Å². The first-order chi connectivity index (χ1) is 17.5. The van der Waals surface area contributed by atoms with Gasteiger partial charge in [-0.15, -0.1) is 0 Å². The zero-order valence-electron chi connectivity index (χ0n) is 21.3. The average molecular weight is 490 g/mol. The largest absolute Gasteiger partial charge is 0.496 e. The van der Waals surface area contributed by atoms with Crippen molar-refractivity contribution in [2.75, 3.05) is 27.3 Å². The highest BCUT2D eigenvalue weighted by atomic mass is 16.5. The van der Waals surface area contributed by atoms with Gasteiger partial charge in [0.2, 0.25) is 0 Å². The molecule has 0 saturated carbocycles. The van der Waals surface area contributed by atoms with Crippen LogP contribution >= 0.6 is 0 Å². The van der Waals surface area contributed by atoms with Crippen LogP contribution in [0.25, 0.3) is 0 Å². The molecule has 4 rings (SSSR count). The van der Waals surface area contributed by atoms with E-state index >= 15 is 0 Å². The zero-order valence-corrected chi connectivity index (χ0v) is 21.3. The topological polar surface area (TPSA) is 72.8 Å². The molecule has 1 aromatic heterocycles. The Balaban J connectivity index is 1.51. The quantitative estimate of drug-likeness (QED) is 0.497. The number of hydrogen-bond donors (Lipinski definition) is 1. The van der Waals surface area contributed by atoms with Gasteiger partial charge in [-0.1, -0.05) is 48.5 Å². The lowest BCUT2D eigenvalue weighted by Gasteiger charge is -2.27. The molecule has 0 saturated heterocycles. The highest BCUT2D eigenvalue weighted by Gasteiger charge is 2.26. The smallest absolute Gasteiger partial charge is 0.257 e. The van der Waals surface area contributed by atoms with Crippen molar-refractivity contribution in [1.29, 1.82) is 0 Å². The first-order valence-corrected chi connectivity index (χ1v) is 12.5. The van der Waals surface area contributed by atoms with Gasteiger partial charge in [0, 0.05) is 56.0 Å². The molecule has 2 heterocycles. The number of rotatable bonds is 9. The highest BCUT2D eigenvalue weighted by molar-refractivity contribution is 5.98. The molecular weight excluding hydrogens is 454 g/mol. The predicted octanol–water partition coefficient (Wildman–Crippen LogP) is 3.67. The van der Waals surface area contributed by atoms with Crippen molar-refractivity contribution >= 4 is 5.91 Å². The molecule has 0 radical (unpaired) electrons. The second kappa shape index (κ2) is 11.9. The van der Waals surface area contributed by atoms with Crippen LogP contribution in [0, 0.1) is 0 Å².